The number of nitrogens with one attached hydrogen (secondary N) is 2. The fraction of sp³-hybridized carbons (Fsp3) is 0.421. The number of H-pyrrole nitrogens is 1. The number of alkyl halides is 3. The van der Waals surface area contributed by atoms with E-state index in [9.17, 15) is 22.8 Å². The van der Waals surface area contributed by atoms with Crippen LogP contribution >= 0.6 is 11.8 Å². The van der Waals surface area contributed by atoms with E-state index in [0.29, 0.717) is 18.7 Å². The summed E-state index contributed by atoms with van der Waals surface area (Å²) in [6.45, 7) is 0. The fourth-order valence-corrected chi connectivity index (χ4v) is 3.96. The first-order chi connectivity index (χ1) is 13.2. The Morgan fingerprint density at radius 1 is 1.21 bits per heavy atom. The molecule has 0 radical (unpaired) electrons. The number of aromatic nitrogens is 2. The van der Waals surface area contributed by atoms with Crippen molar-refractivity contribution in [3.8, 4) is 0 Å². The first-order valence-corrected chi connectivity index (χ1v) is 9.86. The first kappa shape index (κ1) is 19.0. The maximum atomic E-state index is 12.7. The smallest absolute Gasteiger partial charge is 0.341 e. The molecule has 0 bridgehead atoms. The third-order valence-corrected chi connectivity index (χ3v) is 5.90. The predicted molar refractivity (Wildman–Crippen MR) is 98.2 cm³/mol. The number of hydrogen-bond donors (Lipinski definition) is 2. The van der Waals surface area contributed by atoms with Crippen molar-refractivity contribution in [3.63, 3.8) is 0 Å². The van der Waals surface area contributed by atoms with Crippen molar-refractivity contribution in [2.45, 2.75) is 54.0 Å². The van der Waals surface area contributed by atoms with Crippen molar-refractivity contribution in [2.24, 2.45) is 0 Å². The minimum atomic E-state index is -4.34. The number of rotatable bonds is 5. The van der Waals surface area contributed by atoms with Gasteiger partial charge in [-0.15, -0.1) is 0 Å². The zero-order valence-corrected chi connectivity index (χ0v) is 15.6. The molecule has 0 unspecified atom stereocenters. The highest BCUT2D eigenvalue weighted by atomic mass is 32.2. The number of halogens is 3. The van der Waals surface area contributed by atoms with E-state index in [-0.39, 0.29) is 33.8 Å². The van der Waals surface area contributed by atoms with Gasteiger partial charge in [0.05, 0.1) is 5.54 Å². The standard InChI is InChI=1S/C19H18F3N3O2S/c20-19(21,22)28-13-6-4-12(5-7-13)18(8-1-9-18)25-17(27)14-10-15(26)24-16(23-14)11-2-3-11/h4-7,10-11H,1-3,8-9H2,(H,25,27)(H,23,24,26). The summed E-state index contributed by atoms with van der Waals surface area (Å²) in [5, 5.41) is 2.96. The van der Waals surface area contributed by atoms with Crippen molar-refractivity contribution in [1.82, 2.24) is 15.3 Å². The minimum Gasteiger partial charge on any atom is -0.341 e. The number of amides is 1. The fourth-order valence-electron chi connectivity index (χ4n) is 3.42. The molecular formula is C19H18F3N3O2S. The summed E-state index contributed by atoms with van der Waals surface area (Å²) in [6.07, 6.45) is 4.16. The molecule has 5 nitrogen and oxygen atoms in total. The number of hydrogen-bond acceptors (Lipinski definition) is 4. The summed E-state index contributed by atoms with van der Waals surface area (Å²) in [7, 11) is 0. The van der Waals surface area contributed by atoms with Gasteiger partial charge < -0.3 is 10.3 Å². The van der Waals surface area contributed by atoms with E-state index in [0.717, 1.165) is 24.8 Å². The third kappa shape index (κ3) is 4.09. The van der Waals surface area contributed by atoms with Gasteiger partial charge in [0.15, 0.2) is 0 Å². The lowest BCUT2D eigenvalue weighted by atomic mass is 9.71. The summed E-state index contributed by atoms with van der Waals surface area (Å²) < 4.78 is 37.5. The number of carbonyl (C=O) groups excluding carboxylic acids is 1. The van der Waals surface area contributed by atoms with Crippen LogP contribution in [0.5, 0.6) is 0 Å². The highest BCUT2D eigenvalue weighted by Gasteiger charge is 2.41. The maximum Gasteiger partial charge on any atom is 0.446 e. The van der Waals surface area contributed by atoms with Crippen molar-refractivity contribution in [2.75, 3.05) is 0 Å². The van der Waals surface area contributed by atoms with Gasteiger partial charge in [-0.2, -0.15) is 13.2 Å². The molecule has 2 saturated carbocycles. The van der Waals surface area contributed by atoms with Gasteiger partial charge in [-0.3, -0.25) is 9.59 Å². The molecule has 2 aliphatic rings. The summed E-state index contributed by atoms with van der Waals surface area (Å²) in [5.74, 6) is 0.298. The summed E-state index contributed by atoms with van der Waals surface area (Å²) >= 11 is -0.167. The average molecular weight is 409 g/mol. The van der Waals surface area contributed by atoms with Gasteiger partial charge in [-0.1, -0.05) is 12.1 Å². The van der Waals surface area contributed by atoms with Gasteiger partial charge in [0.2, 0.25) is 0 Å². The Bertz CT molecular complexity index is 948. The molecule has 1 aromatic heterocycles. The summed E-state index contributed by atoms with van der Waals surface area (Å²) in [6, 6.07) is 7.24. The molecule has 4 rings (SSSR count). The monoisotopic (exact) mass is 409 g/mol. The van der Waals surface area contributed by atoms with Gasteiger partial charge in [0.1, 0.15) is 11.5 Å². The molecule has 0 saturated heterocycles. The van der Waals surface area contributed by atoms with Crippen molar-refractivity contribution >= 4 is 17.7 Å². The molecule has 1 amide bonds. The molecule has 28 heavy (non-hydrogen) atoms. The molecule has 1 heterocycles. The molecule has 2 N–H and O–H groups in total. The zero-order chi connectivity index (χ0) is 19.9. The molecule has 2 fully saturated rings. The second-order valence-corrected chi connectivity index (χ2v) is 8.39. The van der Waals surface area contributed by atoms with Crippen molar-refractivity contribution < 1.29 is 18.0 Å². The zero-order valence-electron chi connectivity index (χ0n) is 14.8. The number of nitrogens with zero attached hydrogens (tertiary/aromatic N) is 1. The van der Waals surface area contributed by atoms with Gasteiger partial charge in [-0.25, -0.2) is 4.98 Å². The van der Waals surface area contributed by atoms with E-state index in [1.54, 1.807) is 12.1 Å². The third-order valence-electron chi connectivity index (χ3n) is 5.16. The van der Waals surface area contributed by atoms with E-state index in [2.05, 4.69) is 15.3 Å². The van der Waals surface area contributed by atoms with Gasteiger partial charge >= 0.3 is 5.51 Å². The molecule has 0 atom stereocenters. The maximum absolute atomic E-state index is 12.7. The lowest BCUT2D eigenvalue weighted by Gasteiger charge is -2.43. The number of aromatic amines is 1. The Labute approximate surface area is 163 Å². The Morgan fingerprint density at radius 3 is 2.43 bits per heavy atom. The molecule has 9 heteroatoms. The van der Waals surface area contributed by atoms with Crippen LogP contribution in [0.25, 0.3) is 0 Å². The van der Waals surface area contributed by atoms with E-state index in [1.165, 1.54) is 18.2 Å². The van der Waals surface area contributed by atoms with Gasteiger partial charge in [-0.05, 0) is 61.6 Å². The molecule has 1 aromatic carbocycles. The normalized spacial score (nSPS) is 18.4. The Morgan fingerprint density at radius 2 is 1.89 bits per heavy atom. The lowest BCUT2D eigenvalue weighted by Crippen LogP contribution is -2.51. The average Bonchev–Trinajstić information content (AvgIpc) is 3.42. The van der Waals surface area contributed by atoms with Crippen molar-refractivity contribution in [3.05, 3.63) is 57.8 Å². The molecule has 0 aliphatic heterocycles. The van der Waals surface area contributed by atoms with Gasteiger partial charge in [0.25, 0.3) is 11.5 Å². The molecule has 148 valence electrons. The molecule has 2 aliphatic carbocycles. The van der Waals surface area contributed by atoms with Crippen LogP contribution in [0.2, 0.25) is 0 Å². The van der Waals surface area contributed by atoms with Crippen LogP contribution in [0.4, 0.5) is 13.2 Å². The van der Waals surface area contributed by atoms with Crippen LogP contribution in [0.3, 0.4) is 0 Å². The molecule has 2 aromatic rings. The second-order valence-electron chi connectivity index (χ2n) is 7.25. The second kappa shape index (κ2) is 6.95. The van der Waals surface area contributed by atoms with E-state index < -0.39 is 17.0 Å². The van der Waals surface area contributed by atoms with Crippen molar-refractivity contribution in [1.29, 1.82) is 0 Å². The summed E-state index contributed by atoms with van der Waals surface area (Å²) in [4.78, 5) is 31.7. The van der Waals surface area contributed by atoms with Gasteiger partial charge in [0, 0.05) is 16.9 Å². The quantitative estimate of drug-likeness (QED) is 0.730. The lowest BCUT2D eigenvalue weighted by molar-refractivity contribution is -0.0328. The Balaban J connectivity index is 1.54. The number of benzene rings is 1. The van der Waals surface area contributed by atoms with Crippen LogP contribution in [-0.4, -0.2) is 21.4 Å². The molecule has 0 spiro atoms. The SMILES string of the molecule is O=C(NC1(c2ccc(SC(F)(F)F)cc2)CCC1)c1cc(=O)[nH]c(C2CC2)n1. The van der Waals surface area contributed by atoms with E-state index in [4.69, 9.17) is 0 Å². The predicted octanol–water partition coefficient (Wildman–Crippen LogP) is 4.07. The number of carbonyl (C=O) groups is 1. The highest BCUT2D eigenvalue weighted by molar-refractivity contribution is 8.00. The van der Waals surface area contributed by atoms with Crippen LogP contribution in [0, 0.1) is 0 Å². The minimum absolute atomic E-state index is 0.0705. The topological polar surface area (TPSA) is 74.8 Å². The van der Waals surface area contributed by atoms with Crippen LogP contribution < -0.4 is 10.9 Å². The first-order valence-electron chi connectivity index (χ1n) is 9.04. The van der Waals surface area contributed by atoms with Crippen LogP contribution in [0.1, 0.15) is 59.9 Å². The van der Waals surface area contributed by atoms with E-state index in [1.807, 2.05) is 0 Å². The van der Waals surface area contributed by atoms with Crippen LogP contribution in [0.15, 0.2) is 40.0 Å². The Kier molecular flexibility index (Phi) is 4.73. The highest BCUT2D eigenvalue weighted by Crippen LogP contribution is 2.43. The molecular weight excluding hydrogens is 391 g/mol. The number of thioether (sulfide) groups is 1. The van der Waals surface area contributed by atoms with E-state index >= 15 is 0 Å². The van der Waals surface area contributed by atoms with Crippen LogP contribution in [-0.2, 0) is 5.54 Å². The Hall–Kier alpha value is -2.29. The largest absolute Gasteiger partial charge is 0.446 e. The summed E-state index contributed by atoms with van der Waals surface area (Å²) in [5.41, 5.74) is -4.51.